The Morgan fingerprint density at radius 1 is 0.929 bits per heavy atom. The summed E-state index contributed by atoms with van der Waals surface area (Å²) in [4.78, 5) is 29.4. The number of carbonyl (C=O) groups is 2. The topological polar surface area (TPSA) is 59.1 Å². The molecule has 0 N–H and O–H groups in total. The van der Waals surface area contributed by atoms with E-state index in [9.17, 15) is 9.59 Å². The van der Waals surface area contributed by atoms with Crippen LogP contribution in [0.3, 0.4) is 0 Å². The minimum absolute atomic E-state index is 0.0150. The molecular weight excluding hydrogens is 356 g/mol. The number of amides is 1. The highest BCUT2D eigenvalue weighted by Crippen LogP contribution is 2.32. The van der Waals surface area contributed by atoms with Crippen molar-refractivity contribution in [2.75, 3.05) is 39.5 Å². The van der Waals surface area contributed by atoms with Gasteiger partial charge in [-0.25, -0.2) is 0 Å². The predicted octanol–water partition coefficient (Wildman–Crippen LogP) is 2.67. The second kappa shape index (κ2) is 7.64. The van der Waals surface area contributed by atoms with Crippen molar-refractivity contribution in [2.45, 2.75) is 13.8 Å². The van der Waals surface area contributed by atoms with Gasteiger partial charge in [-0.2, -0.15) is 0 Å². The number of hydrogen-bond acceptors (Lipinski definition) is 5. The molecule has 1 fully saturated rings. The fourth-order valence-corrected chi connectivity index (χ4v) is 3.65. The van der Waals surface area contributed by atoms with Crippen molar-refractivity contribution >= 4 is 11.7 Å². The van der Waals surface area contributed by atoms with Crippen LogP contribution >= 0.6 is 0 Å². The molecular formula is C22H24N2O4. The van der Waals surface area contributed by atoms with Crippen LogP contribution in [0.1, 0.15) is 31.8 Å². The van der Waals surface area contributed by atoms with Crippen LogP contribution in [0, 0.1) is 13.8 Å². The van der Waals surface area contributed by atoms with Gasteiger partial charge in [-0.1, -0.05) is 17.7 Å². The molecule has 28 heavy (non-hydrogen) atoms. The summed E-state index contributed by atoms with van der Waals surface area (Å²) in [6, 6.07) is 11.2. The molecule has 2 heterocycles. The van der Waals surface area contributed by atoms with Gasteiger partial charge in [-0.3, -0.25) is 14.5 Å². The summed E-state index contributed by atoms with van der Waals surface area (Å²) in [7, 11) is 0. The molecule has 1 amide bonds. The van der Waals surface area contributed by atoms with Crippen molar-refractivity contribution in [1.29, 1.82) is 0 Å². The van der Waals surface area contributed by atoms with E-state index in [-0.39, 0.29) is 18.5 Å². The second-order valence-corrected chi connectivity index (χ2v) is 7.38. The number of ketones is 1. The highest BCUT2D eigenvalue weighted by atomic mass is 16.7. The van der Waals surface area contributed by atoms with Gasteiger partial charge in [0.2, 0.25) is 6.79 Å². The van der Waals surface area contributed by atoms with E-state index >= 15 is 0 Å². The maximum Gasteiger partial charge on any atom is 0.254 e. The normalized spacial score (nSPS) is 16.3. The van der Waals surface area contributed by atoms with Crippen molar-refractivity contribution in [1.82, 2.24) is 9.80 Å². The number of piperazine rings is 1. The minimum atomic E-state index is -0.0150. The first-order valence-corrected chi connectivity index (χ1v) is 9.53. The van der Waals surface area contributed by atoms with Crippen molar-refractivity contribution in [3.05, 3.63) is 58.7 Å². The third-order valence-electron chi connectivity index (χ3n) is 5.34. The van der Waals surface area contributed by atoms with Gasteiger partial charge in [-0.15, -0.1) is 0 Å². The van der Waals surface area contributed by atoms with E-state index in [0.29, 0.717) is 49.8 Å². The van der Waals surface area contributed by atoms with E-state index in [2.05, 4.69) is 4.90 Å². The summed E-state index contributed by atoms with van der Waals surface area (Å²) in [6.45, 7) is 7.13. The highest BCUT2D eigenvalue weighted by Gasteiger charge is 2.25. The first-order chi connectivity index (χ1) is 13.5. The number of carbonyl (C=O) groups excluding carboxylic acids is 2. The number of nitrogens with zero attached hydrogens (tertiary/aromatic N) is 2. The summed E-state index contributed by atoms with van der Waals surface area (Å²) in [5, 5.41) is 0. The van der Waals surface area contributed by atoms with Crippen molar-refractivity contribution in [3.8, 4) is 11.5 Å². The first kappa shape index (κ1) is 18.5. The number of ether oxygens (including phenoxy) is 2. The summed E-state index contributed by atoms with van der Waals surface area (Å²) >= 11 is 0. The molecule has 4 rings (SSSR count). The monoisotopic (exact) mass is 380 g/mol. The lowest BCUT2D eigenvalue weighted by molar-refractivity contribution is 0.0624. The SMILES string of the molecule is Cc1ccc(C)c(C(=O)CN2CCN(C(=O)c3ccc4c(c3)OCO4)CC2)c1. The molecule has 6 nitrogen and oxygen atoms in total. The molecule has 0 unspecified atom stereocenters. The average Bonchev–Trinajstić information content (AvgIpc) is 3.17. The number of fused-ring (bicyclic) bond motifs is 1. The Kier molecular flexibility index (Phi) is 5.05. The molecule has 0 aliphatic carbocycles. The molecule has 0 bridgehead atoms. The van der Waals surface area contributed by atoms with Crippen LogP contribution in [-0.2, 0) is 0 Å². The van der Waals surface area contributed by atoms with Gasteiger partial charge in [0.15, 0.2) is 17.3 Å². The lowest BCUT2D eigenvalue weighted by Crippen LogP contribution is -2.49. The van der Waals surface area contributed by atoms with Gasteiger partial charge in [0.25, 0.3) is 5.91 Å². The molecule has 0 spiro atoms. The largest absolute Gasteiger partial charge is 0.454 e. The zero-order chi connectivity index (χ0) is 19.7. The Morgan fingerprint density at radius 2 is 1.68 bits per heavy atom. The zero-order valence-corrected chi connectivity index (χ0v) is 16.2. The van der Waals surface area contributed by atoms with Crippen LogP contribution in [0.4, 0.5) is 0 Å². The van der Waals surface area contributed by atoms with E-state index < -0.39 is 0 Å². The Bertz CT molecular complexity index is 917. The zero-order valence-electron chi connectivity index (χ0n) is 16.2. The molecule has 0 saturated carbocycles. The summed E-state index contributed by atoms with van der Waals surface area (Å²) in [5.74, 6) is 1.41. The molecule has 2 aromatic carbocycles. The van der Waals surface area contributed by atoms with Gasteiger partial charge in [0.05, 0.1) is 6.54 Å². The van der Waals surface area contributed by atoms with Crippen molar-refractivity contribution in [3.63, 3.8) is 0 Å². The molecule has 146 valence electrons. The molecule has 2 aromatic rings. The van der Waals surface area contributed by atoms with Crippen LogP contribution in [0.25, 0.3) is 0 Å². The number of benzene rings is 2. The average molecular weight is 380 g/mol. The van der Waals surface area contributed by atoms with Crippen LogP contribution in [0.15, 0.2) is 36.4 Å². The summed E-state index contributed by atoms with van der Waals surface area (Å²) in [6.07, 6.45) is 0. The quantitative estimate of drug-likeness (QED) is 0.764. The number of aryl methyl sites for hydroxylation is 2. The molecule has 1 saturated heterocycles. The lowest BCUT2D eigenvalue weighted by atomic mass is 10.0. The van der Waals surface area contributed by atoms with Crippen LogP contribution < -0.4 is 9.47 Å². The first-order valence-electron chi connectivity index (χ1n) is 9.53. The van der Waals surface area contributed by atoms with E-state index in [4.69, 9.17) is 9.47 Å². The molecule has 6 heteroatoms. The predicted molar refractivity (Wildman–Crippen MR) is 105 cm³/mol. The van der Waals surface area contributed by atoms with Gasteiger partial charge < -0.3 is 14.4 Å². The van der Waals surface area contributed by atoms with Crippen molar-refractivity contribution in [2.24, 2.45) is 0 Å². The lowest BCUT2D eigenvalue weighted by Gasteiger charge is -2.34. The van der Waals surface area contributed by atoms with Crippen molar-refractivity contribution < 1.29 is 19.1 Å². The third-order valence-corrected chi connectivity index (χ3v) is 5.34. The number of hydrogen-bond donors (Lipinski definition) is 0. The van der Waals surface area contributed by atoms with Crippen LogP contribution in [0.2, 0.25) is 0 Å². The Morgan fingerprint density at radius 3 is 2.46 bits per heavy atom. The van der Waals surface area contributed by atoms with Crippen LogP contribution in [0.5, 0.6) is 11.5 Å². The van der Waals surface area contributed by atoms with E-state index in [1.54, 1.807) is 18.2 Å². The Labute approximate surface area is 164 Å². The third kappa shape index (κ3) is 3.73. The van der Waals surface area contributed by atoms with Gasteiger partial charge in [0.1, 0.15) is 0 Å². The van der Waals surface area contributed by atoms with Gasteiger partial charge in [-0.05, 0) is 43.7 Å². The Balaban J connectivity index is 1.35. The molecule has 2 aliphatic heterocycles. The Hall–Kier alpha value is -2.86. The number of Topliss-reactive ketones (excluding diaryl/α,β-unsaturated/α-hetero) is 1. The maximum atomic E-state index is 12.8. The smallest absolute Gasteiger partial charge is 0.254 e. The molecule has 2 aliphatic rings. The van der Waals surface area contributed by atoms with E-state index in [0.717, 1.165) is 16.7 Å². The summed E-state index contributed by atoms with van der Waals surface area (Å²) in [5.41, 5.74) is 3.49. The minimum Gasteiger partial charge on any atom is -0.454 e. The highest BCUT2D eigenvalue weighted by molar-refractivity contribution is 5.99. The fourth-order valence-electron chi connectivity index (χ4n) is 3.65. The van der Waals surface area contributed by atoms with Gasteiger partial charge >= 0.3 is 0 Å². The second-order valence-electron chi connectivity index (χ2n) is 7.38. The van der Waals surface area contributed by atoms with Gasteiger partial charge in [0, 0.05) is 37.3 Å². The van der Waals surface area contributed by atoms with E-state index in [1.807, 2.05) is 36.9 Å². The maximum absolute atomic E-state index is 12.8. The van der Waals surface area contributed by atoms with Crippen LogP contribution in [-0.4, -0.2) is 61.0 Å². The van der Waals surface area contributed by atoms with E-state index in [1.165, 1.54) is 0 Å². The fraction of sp³-hybridized carbons (Fsp3) is 0.364. The standard InChI is InChI=1S/C22H24N2O4/c1-15-3-4-16(2)18(11-15)19(25)13-23-7-9-24(10-8-23)22(26)17-5-6-20-21(12-17)28-14-27-20/h3-6,11-12H,7-10,13-14H2,1-2H3. The molecule has 0 aromatic heterocycles. The number of rotatable bonds is 4. The molecule has 0 atom stereocenters. The summed E-state index contributed by atoms with van der Waals surface area (Å²) < 4.78 is 10.7. The molecule has 0 radical (unpaired) electrons.